The fourth-order valence-corrected chi connectivity index (χ4v) is 1.97. The number of carboxylic acid groups (broad SMARTS) is 2. The van der Waals surface area contributed by atoms with Crippen molar-refractivity contribution in [2.45, 2.75) is 25.7 Å². The third-order valence-electron chi connectivity index (χ3n) is 2.86. The number of hydrogen-bond donors (Lipinski definition) is 4. The van der Waals surface area contributed by atoms with Crippen LogP contribution in [0.4, 0.5) is 9.59 Å². The van der Waals surface area contributed by atoms with Gasteiger partial charge in [0.1, 0.15) is 12.1 Å². The van der Waals surface area contributed by atoms with Gasteiger partial charge in [-0.3, -0.25) is 5.32 Å². The van der Waals surface area contributed by atoms with Gasteiger partial charge < -0.3 is 15.0 Å². The first-order valence-corrected chi connectivity index (χ1v) is 5.54. The lowest BCUT2D eigenvalue weighted by atomic mass is 9.82. The van der Waals surface area contributed by atoms with Crippen LogP contribution in [0.2, 0.25) is 0 Å². The molecule has 4 N–H and O–H groups in total. The van der Waals surface area contributed by atoms with E-state index in [4.69, 9.17) is 10.2 Å². The lowest BCUT2D eigenvalue weighted by Gasteiger charge is -2.25. The van der Waals surface area contributed by atoms with E-state index in [2.05, 4.69) is 10.4 Å². The smallest absolute Gasteiger partial charge is 0.425 e. The van der Waals surface area contributed by atoms with Gasteiger partial charge in [-0.15, -0.1) is 0 Å². The minimum atomic E-state index is -1.36. The van der Waals surface area contributed by atoms with Crippen LogP contribution in [0, 0.1) is 11.8 Å². The first kappa shape index (κ1) is 13.9. The molecule has 2 amide bonds. The van der Waals surface area contributed by atoms with Crippen molar-refractivity contribution in [2.75, 3.05) is 0 Å². The summed E-state index contributed by atoms with van der Waals surface area (Å²) >= 11 is 0. The predicted octanol–water partition coefficient (Wildman–Crippen LogP) is 0.840. The largest absolute Gasteiger partial charge is 0.465 e. The summed E-state index contributed by atoms with van der Waals surface area (Å²) in [5.74, 6) is -0.0989. The van der Waals surface area contributed by atoms with E-state index in [-0.39, 0.29) is 17.7 Å². The summed E-state index contributed by atoms with van der Waals surface area (Å²) in [5.41, 5.74) is 1.78. The standard InChI is InChI=1S/C10H15N3O5/c14-5-6-1-3-7(4-2-6)8(11-9(15)16)12-13-10(17)18/h5-7,13H,1-4H2,(H,11,12)(H,15,16)(H,17,18). The molecule has 8 heteroatoms. The Kier molecular flexibility index (Phi) is 5.09. The number of amides is 2. The number of hydrazone groups is 1. The summed E-state index contributed by atoms with van der Waals surface area (Å²) in [5, 5.41) is 22.7. The molecule has 1 rings (SSSR count). The Bertz CT molecular complexity index is 361. The molecule has 0 unspecified atom stereocenters. The van der Waals surface area contributed by atoms with E-state index in [0.29, 0.717) is 25.7 Å². The van der Waals surface area contributed by atoms with Crippen LogP contribution in [-0.2, 0) is 4.79 Å². The number of amidine groups is 1. The molecule has 1 fully saturated rings. The number of carbonyl (C=O) groups is 3. The monoisotopic (exact) mass is 257 g/mol. The molecule has 0 radical (unpaired) electrons. The van der Waals surface area contributed by atoms with Crippen molar-refractivity contribution < 1.29 is 24.6 Å². The zero-order valence-electron chi connectivity index (χ0n) is 9.63. The van der Waals surface area contributed by atoms with E-state index < -0.39 is 12.2 Å². The van der Waals surface area contributed by atoms with Crippen molar-refractivity contribution >= 4 is 24.3 Å². The van der Waals surface area contributed by atoms with Crippen molar-refractivity contribution in [1.82, 2.24) is 10.7 Å². The topological polar surface area (TPSA) is 128 Å². The number of nitrogens with one attached hydrogen (secondary N) is 2. The van der Waals surface area contributed by atoms with E-state index in [0.717, 1.165) is 6.29 Å². The van der Waals surface area contributed by atoms with Gasteiger partial charge in [-0.1, -0.05) is 0 Å². The highest BCUT2D eigenvalue weighted by atomic mass is 16.4. The van der Waals surface area contributed by atoms with Crippen molar-refractivity contribution in [3.8, 4) is 0 Å². The molecule has 0 aliphatic heterocycles. The van der Waals surface area contributed by atoms with Crippen molar-refractivity contribution in [1.29, 1.82) is 0 Å². The average Bonchev–Trinajstić information content (AvgIpc) is 2.34. The van der Waals surface area contributed by atoms with Crippen LogP contribution in [0.15, 0.2) is 5.10 Å². The fourth-order valence-electron chi connectivity index (χ4n) is 1.97. The molecule has 0 heterocycles. The Morgan fingerprint density at radius 3 is 2.17 bits per heavy atom. The average molecular weight is 257 g/mol. The lowest BCUT2D eigenvalue weighted by molar-refractivity contribution is -0.112. The number of hydrogen-bond acceptors (Lipinski definition) is 4. The van der Waals surface area contributed by atoms with Gasteiger partial charge in [-0.25, -0.2) is 15.0 Å². The number of carbonyl (C=O) groups excluding carboxylic acids is 1. The number of aldehydes is 1. The van der Waals surface area contributed by atoms with E-state index in [1.807, 2.05) is 0 Å². The highest BCUT2D eigenvalue weighted by Crippen LogP contribution is 2.27. The van der Waals surface area contributed by atoms with Gasteiger partial charge in [0.15, 0.2) is 0 Å². The molecule has 1 aliphatic carbocycles. The Hall–Kier alpha value is -2.12. The molecule has 18 heavy (non-hydrogen) atoms. The minimum absolute atomic E-state index is 0.000221. The van der Waals surface area contributed by atoms with E-state index >= 15 is 0 Å². The SMILES string of the molecule is O=CC1CCC(C(=NNC(=O)O)NC(=O)O)CC1. The highest BCUT2D eigenvalue weighted by Gasteiger charge is 2.26. The molecule has 100 valence electrons. The summed E-state index contributed by atoms with van der Waals surface area (Å²) in [6, 6.07) is 0. The molecule has 0 saturated heterocycles. The second-order valence-corrected chi connectivity index (χ2v) is 4.09. The number of rotatable bonds is 3. The van der Waals surface area contributed by atoms with Gasteiger partial charge in [0, 0.05) is 11.8 Å². The van der Waals surface area contributed by atoms with Gasteiger partial charge in [0.25, 0.3) is 0 Å². The first-order chi connectivity index (χ1) is 8.52. The summed E-state index contributed by atoms with van der Waals surface area (Å²) in [7, 11) is 0. The molecule has 0 atom stereocenters. The van der Waals surface area contributed by atoms with Crippen LogP contribution >= 0.6 is 0 Å². The van der Waals surface area contributed by atoms with E-state index in [1.54, 1.807) is 5.43 Å². The summed E-state index contributed by atoms with van der Waals surface area (Å²) in [6.07, 6.45) is 0.754. The normalized spacial score (nSPS) is 24.1. The number of nitrogens with zero attached hydrogens (tertiary/aromatic N) is 1. The Labute approximate surface area is 103 Å². The maximum Gasteiger partial charge on any atom is 0.425 e. The molecule has 0 spiro atoms. The third-order valence-corrected chi connectivity index (χ3v) is 2.86. The first-order valence-electron chi connectivity index (χ1n) is 5.54. The summed E-state index contributed by atoms with van der Waals surface area (Å²) in [4.78, 5) is 31.5. The molecule has 0 bridgehead atoms. The quantitative estimate of drug-likeness (QED) is 0.258. The second-order valence-electron chi connectivity index (χ2n) is 4.09. The van der Waals surface area contributed by atoms with Gasteiger partial charge in [-0.2, -0.15) is 5.10 Å². The van der Waals surface area contributed by atoms with E-state index in [1.165, 1.54) is 0 Å². The molecule has 8 nitrogen and oxygen atoms in total. The van der Waals surface area contributed by atoms with Crippen molar-refractivity contribution in [2.24, 2.45) is 16.9 Å². The third kappa shape index (κ3) is 4.40. The maximum atomic E-state index is 10.6. The fraction of sp³-hybridized carbons (Fsp3) is 0.600. The van der Waals surface area contributed by atoms with Gasteiger partial charge in [-0.05, 0) is 25.7 Å². The zero-order valence-corrected chi connectivity index (χ0v) is 9.63. The van der Waals surface area contributed by atoms with Crippen LogP contribution in [-0.4, -0.2) is 34.5 Å². The molecule has 1 aliphatic rings. The van der Waals surface area contributed by atoms with Crippen LogP contribution < -0.4 is 10.7 Å². The minimum Gasteiger partial charge on any atom is -0.465 e. The zero-order chi connectivity index (χ0) is 13.5. The van der Waals surface area contributed by atoms with Gasteiger partial charge >= 0.3 is 12.2 Å². The molecule has 0 aromatic carbocycles. The highest BCUT2D eigenvalue weighted by molar-refractivity contribution is 5.96. The molecule has 0 aromatic rings. The van der Waals surface area contributed by atoms with Gasteiger partial charge in [0.05, 0.1) is 0 Å². The Morgan fingerprint density at radius 2 is 1.72 bits per heavy atom. The lowest BCUT2D eigenvalue weighted by Crippen LogP contribution is -2.38. The summed E-state index contributed by atoms with van der Waals surface area (Å²) < 4.78 is 0. The Balaban J connectivity index is 2.65. The molecule has 1 saturated carbocycles. The van der Waals surface area contributed by atoms with Crippen LogP contribution in [0.25, 0.3) is 0 Å². The van der Waals surface area contributed by atoms with Crippen LogP contribution in [0.3, 0.4) is 0 Å². The second kappa shape index (κ2) is 6.58. The van der Waals surface area contributed by atoms with Crippen LogP contribution in [0.5, 0.6) is 0 Å². The van der Waals surface area contributed by atoms with Gasteiger partial charge in [0.2, 0.25) is 0 Å². The molecular formula is C10H15N3O5. The predicted molar refractivity (Wildman–Crippen MR) is 61.3 cm³/mol. The molecular weight excluding hydrogens is 242 g/mol. The van der Waals surface area contributed by atoms with E-state index in [9.17, 15) is 14.4 Å². The van der Waals surface area contributed by atoms with Crippen molar-refractivity contribution in [3.63, 3.8) is 0 Å². The maximum absolute atomic E-state index is 10.6. The summed E-state index contributed by atoms with van der Waals surface area (Å²) in [6.45, 7) is 0. The Morgan fingerprint density at radius 1 is 1.11 bits per heavy atom. The van der Waals surface area contributed by atoms with Crippen LogP contribution in [0.1, 0.15) is 25.7 Å². The molecule has 0 aromatic heterocycles. The van der Waals surface area contributed by atoms with Crippen molar-refractivity contribution in [3.05, 3.63) is 0 Å².